The van der Waals surface area contributed by atoms with Crippen LogP contribution in [0.4, 0.5) is 17.8 Å². The number of nitrogens with one attached hydrogen (secondary N) is 1. The summed E-state index contributed by atoms with van der Waals surface area (Å²) in [6.45, 7) is 8.23. The van der Waals surface area contributed by atoms with Gasteiger partial charge in [-0.25, -0.2) is 5.43 Å². The zero-order valence-corrected chi connectivity index (χ0v) is 17.6. The molecule has 0 spiro atoms. The van der Waals surface area contributed by atoms with Gasteiger partial charge in [0.2, 0.25) is 17.8 Å². The molecule has 0 atom stereocenters. The summed E-state index contributed by atoms with van der Waals surface area (Å²) in [5.41, 5.74) is 6.59. The molecule has 1 N–H and O–H groups in total. The largest absolute Gasteiger partial charge is 0.341 e. The lowest BCUT2D eigenvalue weighted by Gasteiger charge is -2.30. The Morgan fingerprint density at radius 2 is 1.41 bits per heavy atom. The number of hydrazone groups is 1. The highest BCUT2D eigenvalue weighted by atomic mass is 15.4. The van der Waals surface area contributed by atoms with E-state index in [1.54, 1.807) is 0 Å². The van der Waals surface area contributed by atoms with E-state index in [2.05, 4.69) is 62.3 Å². The molecule has 2 aliphatic heterocycles. The lowest BCUT2D eigenvalue weighted by molar-refractivity contribution is 0.556. The van der Waals surface area contributed by atoms with Crippen molar-refractivity contribution in [3.8, 4) is 0 Å². The number of aryl methyl sites for hydroxylation is 2. The standard InChI is InChI=1S/C22H31N7/c1-17-9-10-19(18(2)15-17)16-23-27-20-24-21(28-11-5-3-6-12-28)26-22(25-20)29-13-7-4-8-14-29/h9-10,15-16H,3-8,11-14H2,1-2H3,(H,24,25,26,27). The molecule has 7 heteroatoms. The molecule has 2 aliphatic rings. The number of anilines is 3. The van der Waals surface area contributed by atoms with Crippen molar-refractivity contribution in [2.45, 2.75) is 52.4 Å². The number of rotatable bonds is 5. The number of piperidine rings is 2. The predicted octanol–water partition coefficient (Wildman–Crippen LogP) is 3.92. The Morgan fingerprint density at radius 3 is 1.97 bits per heavy atom. The second-order valence-corrected chi connectivity index (χ2v) is 8.08. The van der Waals surface area contributed by atoms with Gasteiger partial charge in [0.05, 0.1) is 6.21 Å². The molecule has 0 bridgehead atoms. The van der Waals surface area contributed by atoms with Gasteiger partial charge in [-0.2, -0.15) is 20.1 Å². The van der Waals surface area contributed by atoms with E-state index in [0.717, 1.165) is 43.6 Å². The Labute approximate surface area is 173 Å². The minimum atomic E-state index is 0.516. The third-order valence-electron chi connectivity index (χ3n) is 5.68. The highest BCUT2D eigenvalue weighted by molar-refractivity contribution is 5.82. The van der Waals surface area contributed by atoms with Crippen molar-refractivity contribution in [2.75, 3.05) is 41.4 Å². The molecule has 1 aromatic carbocycles. The smallest absolute Gasteiger partial charge is 0.250 e. The summed E-state index contributed by atoms with van der Waals surface area (Å²) in [5, 5.41) is 4.41. The van der Waals surface area contributed by atoms with Crippen LogP contribution >= 0.6 is 0 Å². The molecule has 7 nitrogen and oxygen atoms in total. The summed E-state index contributed by atoms with van der Waals surface area (Å²) in [6, 6.07) is 6.34. The lowest BCUT2D eigenvalue weighted by atomic mass is 10.1. The maximum Gasteiger partial charge on any atom is 0.250 e. The third kappa shape index (κ3) is 5.02. The van der Waals surface area contributed by atoms with Gasteiger partial charge < -0.3 is 9.80 Å². The predicted molar refractivity (Wildman–Crippen MR) is 119 cm³/mol. The summed E-state index contributed by atoms with van der Waals surface area (Å²) in [7, 11) is 0. The first-order valence-corrected chi connectivity index (χ1v) is 10.8. The fourth-order valence-electron chi connectivity index (χ4n) is 4.00. The molecule has 2 saturated heterocycles. The molecule has 0 aliphatic carbocycles. The van der Waals surface area contributed by atoms with Gasteiger partial charge in [-0.15, -0.1) is 0 Å². The monoisotopic (exact) mass is 393 g/mol. The minimum absolute atomic E-state index is 0.516. The summed E-state index contributed by atoms with van der Waals surface area (Å²) in [6.07, 6.45) is 9.17. The van der Waals surface area contributed by atoms with Crippen LogP contribution in [0.5, 0.6) is 0 Å². The van der Waals surface area contributed by atoms with Crippen LogP contribution in [0.1, 0.15) is 55.2 Å². The number of nitrogens with zero attached hydrogens (tertiary/aromatic N) is 6. The van der Waals surface area contributed by atoms with Crippen LogP contribution in [-0.2, 0) is 0 Å². The second kappa shape index (κ2) is 9.20. The number of aromatic nitrogens is 3. The molecule has 1 aromatic heterocycles. The van der Waals surface area contributed by atoms with E-state index in [1.165, 1.54) is 49.7 Å². The van der Waals surface area contributed by atoms with E-state index in [0.29, 0.717) is 5.95 Å². The first-order valence-electron chi connectivity index (χ1n) is 10.8. The maximum absolute atomic E-state index is 4.81. The normalized spacial score (nSPS) is 17.7. The van der Waals surface area contributed by atoms with E-state index >= 15 is 0 Å². The molecular weight excluding hydrogens is 362 g/mol. The molecule has 0 unspecified atom stereocenters. The van der Waals surface area contributed by atoms with E-state index < -0.39 is 0 Å². The van der Waals surface area contributed by atoms with E-state index in [9.17, 15) is 0 Å². The lowest BCUT2D eigenvalue weighted by Crippen LogP contribution is -2.34. The molecule has 29 heavy (non-hydrogen) atoms. The van der Waals surface area contributed by atoms with Crippen molar-refractivity contribution in [1.29, 1.82) is 0 Å². The van der Waals surface area contributed by atoms with Gasteiger partial charge >= 0.3 is 0 Å². The number of benzene rings is 1. The van der Waals surface area contributed by atoms with Crippen molar-refractivity contribution in [2.24, 2.45) is 5.10 Å². The molecule has 0 amide bonds. The van der Waals surface area contributed by atoms with Gasteiger partial charge in [-0.1, -0.05) is 23.8 Å². The van der Waals surface area contributed by atoms with Crippen LogP contribution in [0.15, 0.2) is 23.3 Å². The molecule has 154 valence electrons. The van der Waals surface area contributed by atoms with Gasteiger partial charge in [0.1, 0.15) is 0 Å². The second-order valence-electron chi connectivity index (χ2n) is 8.08. The zero-order valence-electron chi connectivity index (χ0n) is 17.6. The fourth-order valence-corrected chi connectivity index (χ4v) is 4.00. The van der Waals surface area contributed by atoms with Crippen LogP contribution in [-0.4, -0.2) is 47.3 Å². The summed E-state index contributed by atoms with van der Waals surface area (Å²) in [5.74, 6) is 2.05. The minimum Gasteiger partial charge on any atom is -0.341 e. The quantitative estimate of drug-likeness (QED) is 0.613. The summed E-state index contributed by atoms with van der Waals surface area (Å²) < 4.78 is 0. The Bertz CT molecular complexity index is 816. The van der Waals surface area contributed by atoms with Crippen molar-refractivity contribution >= 4 is 24.1 Å². The van der Waals surface area contributed by atoms with Crippen LogP contribution in [0.25, 0.3) is 0 Å². The molecule has 4 rings (SSSR count). The summed E-state index contributed by atoms with van der Waals surface area (Å²) in [4.78, 5) is 18.7. The molecule has 3 heterocycles. The first kappa shape index (κ1) is 19.6. The molecule has 2 aromatic rings. The van der Waals surface area contributed by atoms with Crippen LogP contribution < -0.4 is 15.2 Å². The highest BCUT2D eigenvalue weighted by Gasteiger charge is 2.20. The van der Waals surface area contributed by atoms with Crippen LogP contribution in [0.3, 0.4) is 0 Å². The molecule has 2 fully saturated rings. The first-order chi connectivity index (χ1) is 14.2. The zero-order chi connectivity index (χ0) is 20.1. The Balaban J connectivity index is 1.56. The van der Waals surface area contributed by atoms with Gasteiger partial charge in [0, 0.05) is 26.2 Å². The van der Waals surface area contributed by atoms with E-state index in [1.807, 2.05) is 6.21 Å². The summed E-state index contributed by atoms with van der Waals surface area (Å²) >= 11 is 0. The topological polar surface area (TPSA) is 69.5 Å². The van der Waals surface area contributed by atoms with Crippen LogP contribution in [0.2, 0.25) is 0 Å². The van der Waals surface area contributed by atoms with Crippen LogP contribution in [0, 0.1) is 13.8 Å². The molecule has 0 saturated carbocycles. The van der Waals surface area contributed by atoms with E-state index in [4.69, 9.17) is 4.98 Å². The fraction of sp³-hybridized carbons (Fsp3) is 0.545. The SMILES string of the molecule is Cc1ccc(C=NNc2nc(N3CCCCC3)nc(N3CCCCC3)n2)c(C)c1. The molecular formula is C22H31N7. The molecule has 0 radical (unpaired) electrons. The highest BCUT2D eigenvalue weighted by Crippen LogP contribution is 2.22. The van der Waals surface area contributed by atoms with Crippen molar-refractivity contribution in [3.63, 3.8) is 0 Å². The third-order valence-corrected chi connectivity index (χ3v) is 5.68. The average Bonchev–Trinajstić information content (AvgIpc) is 2.76. The van der Waals surface area contributed by atoms with Gasteiger partial charge in [-0.05, 0) is 63.5 Å². The maximum atomic E-state index is 4.81. The van der Waals surface area contributed by atoms with Crippen molar-refractivity contribution < 1.29 is 0 Å². The van der Waals surface area contributed by atoms with Gasteiger partial charge in [0.25, 0.3) is 0 Å². The Morgan fingerprint density at radius 1 is 0.828 bits per heavy atom. The van der Waals surface area contributed by atoms with Gasteiger partial charge in [-0.3, -0.25) is 0 Å². The van der Waals surface area contributed by atoms with Gasteiger partial charge in [0.15, 0.2) is 0 Å². The average molecular weight is 394 g/mol. The Hall–Kier alpha value is -2.70. The van der Waals surface area contributed by atoms with Crippen molar-refractivity contribution in [1.82, 2.24) is 15.0 Å². The Kier molecular flexibility index (Phi) is 6.22. The number of hydrogen-bond donors (Lipinski definition) is 1. The van der Waals surface area contributed by atoms with E-state index in [-0.39, 0.29) is 0 Å². The van der Waals surface area contributed by atoms with Crippen molar-refractivity contribution in [3.05, 3.63) is 34.9 Å². The number of hydrogen-bond acceptors (Lipinski definition) is 7.